The van der Waals surface area contributed by atoms with Crippen LogP contribution in [0.25, 0.3) is 6.08 Å². The molecule has 1 N–H and O–H groups in total. The molecule has 2 aromatic rings. The lowest BCUT2D eigenvalue weighted by Gasteiger charge is -2.09. The van der Waals surface area contributed by atoms with Crippen LogP contribution in [0.5, 0.6) is 5.75 Å². The van der Waals surface area contributed by atoms with E-state index in [9.17, 15) is 9.59 Å². The predicted octanol–water partition coefficient (Wildman–Crippen LogP) is 3.17. The molecule has 5 heteroatoms. The fraction of sp³-hybridized carbons (Fsp3) is 0.333. The number of hydrogen-bond acceptors (Lipinski definition) is 3. The lowest BCUT2D eigenvalue weighted by atomic mass is 10.2. The van der Waals surface area contributed by atoms with Crippen molar-refractivity contribution < 1.29 is 9.53 Å². The first-order chi connectivity index (χ1) is 12.6. The molecular formula is C21H26N2O3. The van der Waals surface area contributed by atoms with Gasteiger partial charge in [0.25, 0.3) is 5.56 Å². The van der Waals surface area contributed by atoms with E-state index in [1.165, 1.54) is 6.08 Å². The summed E-state index contributed by atoms with van der Waals surface area (Å²) >= 11 is 0. The number of nitrogens with zero attached hydrogens (tertiary/aromatic N) is 1. The molecule has 1 amide bonds. The maximum atomic E-state index is 11.8. The van der Waals surface area contributed by atoms with Gasteiger partial charge in [-0.25, -0.2) is 0 Å². The van der Waals surface area contributed by atoms with Gasteiger partial charge in [-0.15, -0.1) is 0 Å². The van der Waals surface area contributed by atoms with E-state index in [1.54, 1.807) is 22.8 Å². The number of benzene rings is 1. The minimum Gasteiger partial charge on any atom is -0.494 e. The normalized spacial score (nSPS) is 10.8. The Hall–Kier alpha value is -2.82. The number of carbonyl (C=O) groups excluding carboxylic acids is 1. The molecule has 2 rings (SSSR count). The van der Waals surface area contributed by atoms with Crippen molar-refractivity contribution in [3.63, 3.8) is 0 Å². The Balaban J connectivity index is 1.69. The maximum Gasteiger partial charge on any atom is 0.250 e. The van der Waals surface area contributed by atoms with Crippen molar-refractivity contribution >= 4 is 12.0 Å². The van der Waals surface area contributed by atoms with Crippen molar-refractivity contribution in [2.75, 3.05) is 13.2 Å². The number of hydrogen-bond donors (Lipinski definition) is 1. The Labute approximate surface area is 154 Å². The van der Waals surface area contributed by atoms with Gasteiger partial charge in [0.15, 0.2) is 0 Å². The lowest BCUT2D eigenvalue weighted by Crippen LogP contribution is -2.24. The van der Waals surface area contributed by atoms with Crippen LogP contribution in [0.3, 0.4) is 0 Å². The number of aryl methyl sites for hydroxylation is 1. The Bertz CT molecular complexity index is 792. The molecule has 0 aliphatic carbocycles. The second-order valence-electron chi connectivity index (χ2n) is 5.99. The number of amides is 1. The Morgan fingerprint density at radius 2 is 1.92 bits per heavy atom. The molecule has 1 aromatic carbocycles. The van der Waals surface area contributed by atoms with Crippen molar-refractivity contribution in [1.29, 1.82) is 0 Å². The first kappa shape index (κ1) is 19.5. The fourth-order valence-corrected chi connectivity index (χ4v) is 2.59. The number of aromatic nitrogens is 1. The molecule has 0 spiro atoms. The molecular weight excluding hydrogens is 328 g/mol. The molecule has 0 saturated carbocycles. The fourth-order valence-electron chi connectivity index (χ4n) is 2.59. The minimum atomic E-state index is -0.119. The first-order valence-electron chi connectivity index (χ1n) is 8.95. The third kappa shape index (κ3) is 6.24. The highest BCUT2D eigenvalue weighted by molar-refractivity contribution is 5.91. The second kappa shape index (κ2) is 10.2. The van der Waals surface area contributed by atoms with Gasteiger partial charge in [0.2, 0.25) is 5.91 Å². The summed E-state index contributed by atoms with van der Waals surface area (Å²) in [5.41, 5.74) is 1.93. The van der Waals surface area contributed by atoms with E-state index in [4.69, 9.17) is 4.74 Å². The molecule has 0 unspecified atom stereocenters. The quantitative estimate of drug-likeness (QED) is 0.556. The molecule has 1 aromatic heterocycles. The van der Waals surface area contributed by atoms with Gasteiger partial charge < -0.3 is 14.6 Å². The van der Waals surface area contributed by atoms with Crippen LogP contribution in [0.4, 0.5) is 0 Å². The summed E-state index contributed by atoms with van der Waals surface area (Å²) in [5.74, 6) is 0.703. The van der Waals surface area contributed by atoms with Gasteiger partial charge in [0, 0.05) is 30.9 Å². The summed E-state index contributed by atoms with van der Waals surface area (Å²) in [4.78, 5) is 23.6. The topological polar surface area (TPSA) is 60.3 Å². The molecule has 0 saturated heterocycles. The molecule has 26 heavy (non-hydrogen) atoms. The van der Waals surface area contributed by atoms with E-state index < -0.39 is 0 Å². The van der Waals surface area contributed by atoms with Gasteiger partial charge in [0.05, 0.1) is 6.61 Å². The third-order valence-electron chi connectivity index (χ3n) is 3.99. The molecule has 5 nitrogen and oxygen atoms in total. The molecule has 1 heterocycles. The monoisotopic (exact) mass is 354 g/mol. The highest BCUT2D eigenvalue weighted by atomic mass is 16.5. The Morgan fingerprint density at radius 3 is 2.62 bits per heavy atom. The zero-order chi connectivity index (χ0) is 18.8. The summed E-state index contributed by atoms with van der Waals surface area (Å²) in [5, 5.41) is 2.86. The van der Waals surface area contributed by atoms with Gasteiger partial charge >= 0.3 is 0 Å². The summed E-state index contributed by atoms with van der Waals surface area (Å²) in [6.07, 6.45) is 4.97. The van der Waals surface area contributed by atoms with Gasteiger partial charge in [-0.3, -0.25) is 9.59 Å². The third-order valence-corrected chi connectivity index (χ3v) is 3.99. The van der Waals surface area contributed by atoms with Crippen molar-refractivity contribution in [1.82, 2.24) is 9.88 Å². The van der Waals surface area contributed by atoms with E-state index in [0.717, 1.165) is 29.8 Å². The number of pyridine rings is 1. The average molecular weight is 354 g/mol. The van der Waals surface area contributed by atoms with E-state index in [2.05, 4.69) is 5.32 Å². The largest absolute Gasteiger partial charge is 0.494 e. The Morgan fingerprint density at radius 1 is 1.15 bits per heavy atom. The van der Waals surface area contributed by atoms with Gasteiger partial charge in [0.1, 0.15) is 5.75 Å². The number of carbonyl (C=O) groups is 1. The van der Waals surface area contributed by atoms with Crippen molar-refractivity contribution in [3.05, 3.63) is 70.2 Å². The molecule has 0 aliphatic rings. The van der Waals surface area contributed by atoms with Crippen LogP contribution in [-0.4, -0.2) is 23.6 Å². The van der Waals surface area contributed by atoms with E-state index in [1.807, 2.05) is 44.2 Å². The zero-order valence-electron chi connectivity index (χ0n) is 15.4. The van der Waals surface area contributed by atoms with Gasteiger partial charge in [-0.2, -0.15) is 0 Å². The van der Waals surface area contributed by atoms with Crippen LogP contribution < -0.4 is 15.6 Å². The van der Waals surface area contributed by atoms with Crippen LogP contribution in [-0.2, 0) is 11.3 Å². The number of rotatable bonds is 9. The van der Waals surface area contributed by atoms with Crippen LogP contribution >= 0.6 is 0 Å². The molecule has 138 valence electrons. The minimum absolute atomic E-state index is 0.0207. The smallest absolute Gasteiger partial charge is 0.250 e. The zero-order valence-corrected chi connectivity index (χ0v) is 15.4. The van der Waals surface area contributed by atoms with Crippen molar-refractivity contribution in [2.24, 2.45) is 0 Å². The van der Waals surface area contributed by atoms with Crippen LogP contribution in [0.15, 0.2) is 53.3 Å². The summed E-state index contributed by atoms with van der Waals surface area (Å²) in [6, 6.07) is 12.9. The van der Waals surface area contributed by atoms with Gasteiger partial charge in [-0.1, -0.05) is 18.2 Å². The van der Waals surface area contributed by atoms with E-state index >= 15 is 0 Å². The second-order valence-corrected chi connectivity index (χ2v) is 5.99. The summed E-state index contributed by atoms with van der Waals surface area (Å²) < 4.78 is 7.14. The van der Waals surface area contributed by atoms with E-state index in [-0.39, 0.29) is 11.5 Å². The lowest BCUT2D eigenvalue weighted by molar-refractivity contribution is -0.116. The molecule has 0 fully saturated rings. The average Bonchev–Trinajstić information content (AvgIpc) is 2.63. The Kier molecular flexibility index (Phi) is 7.68. The summed E-state index contributed by atoms with van der Waals surface area (Å²) in [7, 11) is 0. The highest BCUT2D eigenvalue weighted by Crippen LogP contribution is 2.12. The molecule has 0 radical (unpaired) electrons. The number of nitrogens with one attached hydrogen (secondary N) is 1. The van der Waals surface area contributed by atoms with Gasteiger partial charge in [-0.05, 0) is 56.5 Å². The number of unbranched alkanes of at least 4 members (excludes halogenated alkanes) is 1. The van der Waals surface area contributed by atoms with Crippen molar-refractivity contribution in [3.8, 4) is 5.75 Å². The van der Waals surface area contributed by atoms with Crippen molar-refractivity contribution in [2.45, 2.75) is 33.2 Å². The van der Waals surface area contributed by atoms with Crippen LogP contribution in [0.1, 0.15) is 31.0 Å². The SMILES string of the molecule is CCOc1ccc(/C=C/C(=O)NCCCCn2c(C)cccc2=O)cc1. The summed E-state index contributed by atoms with van der Waals surface area (Å²) in [6.45, 7) is 5.76. The highest BCUT2D eigenvalue weighted by Gasteiger charge is 2.00. The van der Waals surface area contributed by atoms with Crippen LogP contribution in [0, 0.1) is 6.92 Å². The van der Waals surface area contributed by atoms with Crippen LogP contribution in [0.2, 0.25) is 0 Å². The standard InChI is InChI=1S/C21H26N2O3/c1-3-26-19-12-9-18(10-13-19)11-14-20(24)22-15-4-5-16-23-17(2)7-6-8-21(23)25/h6-14H,3-5,15-16H2,1-2H3,(H,22,24)/b14-11+. The first-order valence-corrected chi connectivity index (χ1v) is 8.95. The molecule has 0 aliphatic heterocycles. The van der Waals surface area contributed by atoms with E-state index in [0.29, 0.717) is 19.7 Å². The molecule has 0 atom stereocenters. The molecule has 0 bridgehead atoms. The maximum absolute atomic E-state index is 11.8. The number of ether oxygens (including phenoxy) is 1. The predicted molar refractivity (Wildman–Crippen MR) is 104 cm³/mol.